The quantitative estimate of drug-likeness (QED) is 0.0346. The lowest BCUT2D eigenvalue weighted by molar-refractivity contribution is -0.162. The monoisotopic (exact) mass is 935 g/mol. The highest BCUT2D eigenvalue weighted by Gasteiger charge is 2.17. The van der Waals surface area contributed by atoms with Crippen LogP contribution in [0.1, 0.15) is 201 Å². The third-order valence-electron chi connectivity index (χ3n) is 10.6. The number of allylic oxidation sites excluding steroid dienone is 25. The van der Waals surface area contributed by atoms with Crippen LogP contribution in [0.25, 0.3) is 0 Å². The Morgan fingerprint density at radius 2 is 0.662 bits per heavy atom. The number of esters is 2. The summed E-state index contributed by atoms with van der Waals surface area (Å²) in [7, 11) is 0. The minimum absolute atomic E-state index is 0.0139. The van der Waals surface area contributed by atoms with Crippen LogP contribution in [0.3, 0.4) is 0 Å². The van der Waals surface area contributed by atoms with E-state index >= 15 is 0 Å². The van der Waals surface area contributed by atoms with Crippen LogP contribution in [0.5, 0.6) is 0 Å². The zero-order valence-electron chi connectivity index (χ0n) is 43.6. The van der Waals surface area contributed by atoms with Gasteiger partial charge in [0.1, 0.15) is 6.61 Å². The van der Waals surface area contributed by atoms with E-state index in [2.05, 4.69) is 167 Å². The van der Waals surface area contributed by atoms with Crippen LogP contribution in [-0.4, -0.2) is 37.9 Å². The zero-order valence-corrected chi connectivity index (χ0v) is 43.6. The molecule has 1 unspecified atom stereocenters. The second-order valence-corrected chi connectivity index (χ2v) is 17.0. The summed E-state index contributed by atoms with van der Waals surface area (Å²) in [6, 6.07) is 0. The summed E-state index contributed by atoms with van der Waals surface area (Å²) in [5, 5.41) is 0. The lowest BCUT2D eigenvalue weighted by Crippen LogP contribution is -2.29. The molecule has 5 nitrogen and oxygen atoms in total. The lowest BCUT2D eigenvalue weighted by Gasteiger charge is -2.18. The minimum atomic E-state index is -0.621. The molecule has 0 fully saturated rings. The van der Waals surface area contributed by atoms with Crippen LogP contribution in [0, 0.1) is 0 Å². The number of hydrogen-bond acceptors (Lipinski definition) is 5. The Balaban J connectivity index is 4.49. The van der Waals surface area contributed by atoms with Crippen LogP contribution in [0.4, 0.5) is 0 Å². The zero-order chi connectivity index (χ0) is 49.2. The van der Waals surface area contributed by atoms with E-state index in [-0.39, 0.29) is 31.6 Å². The first kappa shape index (κ1) is 63.5. The molecule has 0 saturated heterocycles. The van der Waals surface area contributed by atoms with Gasteiger partial charge in [-0.25, -0.2) is 0 Å². The van der Waals surface area contributed by atoms with Gasteiger partial charge in [0, 0.05) is 13.0 Å². The maximum atomic E-state index is 12.8. The molecular weight excluding hydrogens is 837 g/mol. The van der Waals surface area contributed by atoms with Gasteiger partial charge in [0.2, 0.25) is 0 Å². The van der Waals surface area contributed by atoms with Gasteiger partial charge in [-0.05, 0) is 122 Å². The van der Waals surface area contributed by atoms with Crippen LogP contribution in [-0.2, 0) is 23.8 Å². The Kier molecular flexibility index (Phi) is 53.1. The second-order valence-electron chi connectivity index (χ2n) is 17.0. The van der Waals surface area contributed by atoms with Crippen LogP contribution < -0.4 is 0 Å². The molecule has 0 aromatic carbocycles. The van der Waals surface area contributed by atoms with Crippen molar-refractivity contribution < 1.29 is 23.8 Å². The number of rotatable bonds is 47. The fraction of sp³-hybridized carbons (Fsp3) is 0.556. The van der Waals surface area contributed by atoms with Crippen molar-refractivity contribution in [2.24, 2.45) is 0 Å². The maximum absolute atomic E-state index is 12.8. The molecule has 0 radical (unpaired) electrons. The van der Waals surface area contributed by atoms with Crippen molar-refractivity contribution in [3.8, 4) is 0 Å². The van der Waals surface area contributed by atoms with Crippen LogP contribution >= 0.6 is 0 Å². The highest BCUT2D eigenvalue weighted by Crippen LogP contribution is 2.12. The van der Waals surface area contributed by atoms with Crippen molar-refractivity contribution in [1.29, 1.82) is 0 Å². The van der Waals surface area contributed by atoms with Gasteiger partial charge in [0.25, 0.3) is 0 Å². The number of hydrogen-bond donors (Lipinski definition) is 0. The smallest absolute Gasteiger partial charge is 0.310 e. The molecule has 0 saturated carbocycles. The van der Waals surface area contributed by atoms with Gasteiger partial charge in [-0.15, -0.1) is 0 Å². The first-order chi connectivity index (χ1) is 33.6. The molecule has 0 bridgehead atoms. The standard InChI is InChI=1S/C63H98O5/c1-4-7-10-13-16-19-22-25-28-30-32-33-36-38-41-44-47-50-53-56-62(64)67-60-61(68-63(65)57-54-51-48-45-42-39-35-27-24-21-18-15-12-9-6-3)59-66-58-55-52-49-46-43-40-37-34-31-29-26-23-20-17-14-11-8-5-2/h7-12,16-21,25-29,32-33,35,38,41-42,45,51,54,61H,4-6,13-15,22-24,30-31,34,36-37,39-40,43-44,46-50,52-53,55-60H2,1-3H3/b10-7-,11-8-,12-9-,19-16-,20-17-,21-18-,28-25-,29-26-,33-32-,35-27-,41-38-,45-42-,54-51-. The molecule has 5 heteroatoms. The fourth-order valence-electron chi connectivity index (χ4n) is 6.68. The highest BCUT2D eigenvalue weighted by molar-refractivity contribution is 5.71. The van der Waals surface area contributed by atoms with E-state index in [9.17, 15) is 9.59 Å². The topological polar surface area (TPSA) is 61.8 Å². The van der Waals surface area contributed by atoms with Gasteiger partial charge in [-0.3, -0.25) is 9.59 Å². The van der Waals surface area contributed by atoms with Crippen molar-refractivity contribution in [2.75, 3.05) is 19.8 Å². The Morgan fingerprint density at radius 3 is 1.06 bits per heavy atom. The van der Waals surface area contributed by atoms with E-state index in [0.29, 0.717) is 13.0 Å². The summed E-state index contributed by atoms with van der Waals surface area (Å²) >= 11 is 0. The summed E-state index contributed by atoms with van der Waals surface area (Å²) in [5.74, 6) is -0.598. The Morgan fingerprint density at radius 1 is 0.338 bits per heavy atom. The normalized spacial score (nSPS) is 13.5. The molecule has 0 aliphatic heterocycles. The molecule has 0 aliphatic carbocycles. The predicted octanol–water partition coefficient (Wildman–Crippen LogP) is 18.7. The van der Waals surface area contributed by atoms with E-state index in [0.717, 1.165) is 122 Å². The van der Waals surface area contributed by atoms with E-state index < -0.39 is 6.10 Å². The molecule has 68 heavy (non-hydrogen) atoms. The van der Waals surface area contributed by atoms with E-state index in [1.165, 1.54) is 44.9 Å². The first-order valence-electron chi connectivity index (χ1n) is 27.0. The maximum Gasteiger partial charge on any atom is 0.310 e. The molecule has 0 aromatic heterocycles. The number of carbonyl (C=O) groups is 2. The van der Waals surface area contributed by atoms with E-state index in [1.807, 2.05) is 12.2 Å². The summed E-state index contributed by atoms with van der Waals surface area (Å²) in [6.45, 7) is 7.31. The van der Waals surface area contributed by atoms with Crippen molar-refractivity contribution in [2.45, 2.75) is 207 Å². The van der Waals surface area contributed by atoms with Gasteiger partial charge in [0.15, 0.2) is 6.10 Å². The largest absolute Gasteiger partial charge is 0.462 e. The van der Waals surface area contributed by atoms with Crippen LogP contribution in [0.2, 0.25) is 0 Å². The average Bonchev–Trinajstić information content (AvgIpc) is 3.34. The van der Waals surface area contributed by atoms with Crippen molar-refractivity contribution in [1.82, 2.24) is 0 Å². The minimum Gasteiger partial charge on any atom is -0.462 e. The van der Waals surface area contributed by atoms with Crippen molar-refractivity contribution >= 4 is 11.9 Å². The summed E-state index contributed by atoms with van der Waals surface area (Å²) < 4.78 is 17.3. The van der Waals surface area contributed by atoms with Crippen LogP contribution in [0.15, 0.2) is 158 Å². The van der Waals surface area contributed by atoms with Gasteiger partial charge < -0.3 is 14.2 Å². The molecule has 0 aromatic rings. The van der Waals surface area contributed by atoms with Crippen molar-refractivity contribution in [3.63, 3.8) is 0 Å². The molecule has 380 valence electrons. The van der Waals surface area contributed by atoms with E-state index in [1.54, 1.807) is 0 Å². The number of ether oxygens (including phenoxy) is 3. The molecule has 0 spiro atoms. The third-order valence-corrected chi connectivity index (χ3v) is 10.6. The molecule has 0 amide bonds. The predicted molar refractivity (Wildman–Crippen MR) is 297 cm³/mol. The van der Waals surface area contributed by atoms with Gasteiger partial charge in [-0.1, -0.05) is 224 Å². The Bertz CT molecular complexity index is 1520. The Labute approximate surface area is 418 Å². The first-order valence-corrected chi connectivity index (χ1v) is 27.0. The average molecular weight is 935 g/mol. The lowest BCUT2D eigenvalue weighted by atomic mass is 10.1. The summed E-state index contributed by atoms with van der Waals surface area (Å²) in [6.07, 6.45) is 84.3. The van der Waals surface area contributed by atoms with Gasteiger partial charge in [0.05, 0.1) is 13.0 Å². The van der Waals surface area contributed by atoms with Gasteiger partial charge >= 0.3 is 11.9 Å². The molecular formula is C63H98O5. The summed E-state index contributed by atoms with van der Waals surface area (Å²) in [4.78, 5) is 25.4. The highest BCUT2D eigenvalue weighted by atomic mass is 16.6. The van der Waals surface area contributed by atoms with E-state index in [4.69, 9.17) is 14.2 Å². The fourth-order valence-corrected chi connectivity index (χ4v) is 6.68. The molecule has 0 heterocycles. The molecule has 1 atom stereocenters. The third kappa shape index (κ3) is 54.1. The molecule has 0 rings (SSSR count). The summed E-state index contributed by atoms with van der Waals surface area (Å²) in [5.41, 5.74) is 0. The number of unbranched alkanes of at least 4 members (excludes halogenated alkanes) is 11. The SMILES string of the molecule is CC/C=C\C/C=C\C/C=C\C/C=C\C/C=C\CCCCCC(=O)OCC(COCCCCCCCCCC/C=C\C/C=C\C/C=C\CC)OC(=O)C/C=C\C/C=C\C/C=C\C/C=C\C/C=C\CC. The van der Waals surface area contributed by atoms with Gasteiger partial charge in [-0.2, -0.15) is 0 Å². The Hall–Kier alpha value is -4.48. The molecule has 0 aliphatic rings. The molecule has 0 N–H and O–H groups in total. The van der Waals surface area contributed by atoms with Crippen molar-refractivity contribution in [3.05, 3.63) is 158 Å². The number of carbonyl (C=O) groups excluding carboxylic acids is 2. The second kappa shape index (κ2) is 56.8.